The molecule has 0 spiro atoms. The van der Waals surface area contributed by atoms with Crippen LogP contribution in [0.5, 0.6) is 5.75 Å². The van der Waals surface area contributed by atoms with Gasteiger partial charge in [0.05, 0.1) is 11.7 Å². The molecule has 0 radical (unpaired) electrons. The highest BCUT2D eigenvalue weighted by atomic mass is 79.9. The molecule has 0 bridgehead atoms. The van der Waals surface area contributed by atoms with Crippen LogP contribution in [0.2, 0.25) is 0 Å². The Bertz CT molecular complexity index is 452. The number of benzene rings is 1. The molecule has 0 atom stereocenters. The highest BCUT2D eigenvalue weighted by Gasteiger charge is 2.09. The lowest BCUT2D eigenvalue weighted by Crippen LogP contribution is -2.18. The third-order valence-electron chi connectivity index (χ3n) is 1.77. The number of esters is 1. The van der Waals surface area contributed by atoms with Crippen LogP contribution in [-0.4, -0.2) is 18.7 Å². The topological polar surface area (TPSA) is 59.3 Å². The molecule has 0 heterocycles. The van der Waals surface area contributed by atoms with Crippen molar-refractivity contribution in [2.45, 2.75) is 20.0 Å². The molecule has 0 amide bonds. The van der Waals surface area contributed by atoms with Crippen molar-refractivity contribution >= 4 is 21.9 Å². The second-order valence-electron chi connectivity index (χ2n) is 3.58. The van der Waals surface area contributed by atoms with E-state index in [4.69, 9.17) is 14.7 Å². The van der Waals surface area contributed by atoms with E-state index in [1.807, 2.05) is 6.07 Å². The number of nitriles is 1. The van der Waals surface area contributed by atoms with Crippen LogP contribution >= 0.6 is 15.9 Å². The van der Waals surface area contributed by atoms with E-state index in [0.717, 1.165) is 4.47 Å². The van der Waals surface area contributed by atoms with Gasteiger partial charge in [0.2, 0.25) is 0 Å². The molecule has 1 aromatic carbocycles. The van der Waals surface area contributed by atoms with Gasteiger partial charge in [0.15, 0.2) is 6.61 Å². The van der Waals surface area contributed by atoms with Gasteiger partial charge in [-0.05, 0) is 32.0 Å². The molecule has 4 nitrogen and oxygen atoms in total. The Kier molecular flexibility index (Phi) is 4.98. The second kappa shape index (κ2) is 6.26. The first-order valence-electron chi connectivity index (χ1n) is 5.05. The van der Waals surface area contributed by atoms with Crippen molar-refractivity contribution in [2.24, 2.45) is 0 Å². The first-order valence-corrected chi connectivity index (χ1v) is 5.84. The number of nitrogens with zero attached hydrogens (tertiary/aromatic N) is 1. The lowest BCUT2D eigenvalue weighted by Gasteiger charge is -2.10. The zero-order valence-electron chi connectivity index (χ0n) is 9.57. The van der Waals surface area contributed by atoms with Gasteiger partial charge in [-0.2, -0.15) is 5.26 Å². The molecule has 0 fully saturated rings. The molecule has 17 heavy (non-hydrogen) atoms. The molecule has 1 aromatic rings. The number of halogens is 1. The molecule has 0 aromatic heterocycles. The maximum Gasteiger partial charge on any atom is 0.344 e. The fourth-order valence-corrected chi connectivity index (χ4v) is 1.51. The van der Waals surface area contributed by atoms with Gasteiger partial charge in [-0.15, -0.1) is 0 Å². The molecule has 90 valence electrons. The standard InChI is InChI=1S/C12H12BrNO3/c1-8(2)17-12(15)7-16-11-4-3-10(13)5-9(11)6-14/h3-5,8H,7H2,1-2H3. The highest BCUT2D eigenvalue weighted by Crippen LogP contribution is 2.22. The molecule has 0 saturated heterocycles. The van der Waals surface area contributed by atoms with Crippen molar-refractivity contribution in [3.8, 4) is 11.8 Å². The van der Waals surface area contributed by atoms with Gasteiger partial charge in [0.25, 0.3) is 0 Å². The molecule has 5 heteroatoms. The fourth-order valence-electron chi connectivity index (χ4n) is 1.15. The summed E-state index contributed by atoms with van der Waals surface area (Å²) in [4.78, 5) is 11.3. The smallest absolute Gasteiger partial charge is 0.344 e. The number of ether oxygens (including phenoxy) is 2. The maximum atomic E-state index is 11.3. The normalized spacial score (nSPS) is 9.82. The van der Waals surface area contributed by atoms with Crippen molar-refractivity contribution in [3.63, 3.8) is 0 Å². The zero-order valence-corrected chi connectivity index (χ0v) is 11.2. The first-order chi connectivity index (χ1) is 8.02. The molecular weight excluding hydrogens is 286 g/mol. The minimum Gasteiger partial charge on any atom is -0.481 e. The third kappa shape index (κ3) is 4.45. The van der Waals surface area contributed by atoms with E-state index in [0.29, 0.717) is 11.3 Å². The molecule has 0 aliphatic heterocycles. The van der Waals surface area contributed by atoms with E-state index in [1.54, 1.807) is 32.0 Å². The predicted octanol–water partition coefficient (Wildman–Crippen LogP) is 2.65. The summed E-state index contributed by atoms with van der Waals surface area (Å²) >= 11 is 3.25. The summed E-state index contributed by atoms with van der Waals surface area (Å²) in [6, 6.07) is 6.99. The SMILES string of the molecule is CC(C)OC(=O)COc1ccc(Br)cc1C#N. The Hall–Kier alpha value is -1.54. The van der Waals surface area contributed by atoms with Crippen LogP contribution in [0.3, 0.4) is 0 Å². The molecule has 0 N–H and O–H groups in total. The van der Waals surface area contributed by atoms with Crippen molar-refractivity contribution in [2.75, 3.05) is 6.61 Å². The minimum atomic E-state index is -0.452. The molecule has 1 rings (SSSR count). The molecule has 0 aliphatic rings. The predicted molar refractivity (Wildman–Crippen MR) is 65.6 cm³/mol. The maximum absolute atomic E-state index is 11.3. The molecule has 0 saturated carbocycles. The Morgan fingerprint density at radius 2 is 2.24 bits per heavy atom. The number of rotatable bonds is 4. The highest BCUT2D eigenvalue weighted by molar-refractivity contribution is 9.10. The number of hydrogen-bond acceptors (Lipinski definition) is 4. The van der Waals surface area contributed by atoms with E-state index in [2.05, 4.69) is 15.9 Å². The Labute approximate surface area is 108 Å². The van der Waals surface area contributed by atoms with Crippen LogP contribution in [0.4, 0.5) is 0 Å². The minimum absolute atomic E-state index is 0.175. The van der Waals surface area contributed by atoms with Gasteiger partial charge in [-0.1, -0.05) is 15.9 Å². The summed E-state index contributed by atoms with van der Waals surface area (Å²) in [5.41, 5.74) is 0.372. The van der Waals surface area contributed by atoms with E-state index >= 15 is 0 Å². The van der Waals surface area contributed by atoms with Crippen LogP contribution in [-0.2, 0) is 9.53 Å². The van der Waals surface area contributed by atoms with E-state index in [-0.39, 0.29) is 12.7 Å². The van der Waals surface area contributed by atoms with Crippen molar-refractivity contribution in [1.29, 1.82) is 5.26 Å². The van der Waals surface area contributed by atoms with Crippen LogP contribution in [0.15, 0.2) is 22.7 Å². The quantitative estimate of drug-likeness (QED) is 0.802. The Morgan fingerprint density at radius 3 is 2.82 bits per heavy atom. The van der Waals surface area contributed by atoms with Crippen molar-refractivity contribution in [1.82, 2.24) is 0 Å². The third-order valence-corrected chi connectivity index (χ3v) is 2.27. The average molecular weight is 298 g/mol. The number of carbonyl (C=O) groups excluding carboxylic acids is 1. The molecular formula is C12H12BrNO3. The summed E-state index contributed by atoms with van der Waals surface area (Å²) < 4.78 is 10.9. The number of carbonyl (C=O) groups is 1. The van der Waals surface area contributed by atoms with E-state index in [1.165, 1.54) is 0 Å². The van der Waals surface area contributed by atoms with Gasteiger partial charge in [0, 0.05) is 4.47 Å². The van der Waals surface area contributed by atoms with Crippen molar-refractivity contribution in [3.05, 3.63) is 28.2 Å². The zero-order chi connectivity index (χ0) is 12.8. The summed E-state index contributed by atoms with van der Waals surface area (Å²) in [7, 11) is 0. The van der Waals surface area contributed by atoms with Gasteiger partial charge in [0.1, 0.15) is 11.8 Å². The number of hydrogen-bond donors (Lipinski definition) is 0. The second-order valence-corrected chi connectivity index (χ2v) is 4.50. The van der Waals surface area contributed by atoms with Crippen LogP contribution < -0.4 is 4.74 Å². The average Bonchev–Trinajstić information content (AvgIpc) is 2.26. The monoisotopic (exact) mass is 297 g/mol. The van der Waals surface area contributed by atoms with E-state index < -0.39 is 5.97 Å². The van der Waals surface area contributed by atoms with Crippen LogP contribution in [0, 0.1) is 11.3 Å². The molecule has 0 aliphatic carbocycles. The molecule has 0 unspecified atom stereocenters. The summed E-state index contributed by atoms with van der Waals surface area (Å²) in [6.45, 7) is 3.32. The van der Waals surface area contributed by atoms with Gasteiger partial charge in [-0.25, -0.2) is 4.79 Å². The lowest BCUT2D eigenvalue weighted by atomic mass is 10.2. The summed E-state index contributed by atoms with van der Waals surface area (Å²) in [5, 5.41) is 8.89. The van der Waals surface area contributed by atoms with Crippen LogP contribution in [0.1, 0.15) is 19.4 Å². The van der Waals surface area contributed by atoms with Gasteiger partial charge >= 0.3 is 5.97 Å². The summed E-state index contributed by atoms with van der Waals surface area (Å²) in [5.74, 6) is -0.0804. The Morgan fingerprint density at radius 1 is 1.53 bits per heavy atom. The van der Waals surface area contributed by atoms with Crippen LogP contribution in [0.25, 0.3) is 0 Å². The Balaban J connectivity index is 2.64. The largest absolute Gasteiger partial charge is 0.481 e. The van der Waals surface area contributed by atoms with Crippen molar-refractivity contribution < 1.29 is 14.3 Å². The van der Waals surface area contributed by atoms with E-state index in [9.17, 15) is 4.79 Å². The first kappa shape index (κ1) is 13.5. The van der Waals surface area contributed by atoms with Gasteiger partial charge < -0.3 is 9.47 Å². The summed E-state index contributed by atoms with van der Waals surface area (Å²) in [6.07, 6.45) is -0.175. The fraction of sp³-hybridized carbons (Fsp3) is 0.333. The van der Waals surface area contributed by atoms with Gasteiger partial charge in [-0.3, -0.25) is 0 Å². The lowest BCUT2D eigenvalue weighted by molar-refractivity contribution is -0.149.